The van der Waals surface area contributed by atoms with E-state index < -0.39 is 0 Å². The number of thioether (sulfide) groups is 1. The molecule has 154 valence electrons. The van der Waals surface area contributed by atoms with Gasteiger partial charge in [-0.05, 0) is 30.0 Å². The molecule has 3 aromatic rings. The largest absolute Gasteiger partial charge is 0.355 e. The molecule has 0 saturated heterocycles. The quantitative estimate of drug-likeness (QED) is 0.498. The average Bonchev–Trinajstić information content (AvgIpc) is 3.25. The van der Waals surface area contributed by atoms with E-state index in [2.05, 4.69) is 46.5 Å². The van der Waals surface area contributed by atoms with Gasteiger partial charge < -0.3 is 5.32 Å². The lowest BCUT2D eigenvalue weighted by atomic mass is 10.1. The molecule has 4 nitrogen and oxygen atoms in total. The van der Waals surface area contributed by atoms with Crippen LogP contribution in [0.3, 0.4) is 0 Å². The normalized spacial score (nSPS) is 10.2. The van der Waals surface area contributed by atoms with E-state index >= 15 is 0 Å². The molecule has 0 aliphatic rings. The standard InChI is InChI=1S/C21H23N3OS2.C2H6/c1-2-16-5-7-18(8-6-16)21-24-13-19(27-21)14-26-15-20(25)23-11-9-17-4-3-10-22-12-17;1-2/h3-8,10,12-13H,2,9,11,14-15H2,1H3,(H,23,25);1-2H3. The van der Waals surface area contributed by atoms with E-state index in [-0.39, 0.29) is 5.91 Å². The lowest BCUT2D eigenvalue weighted by Crippen LogP contribution is -2.27. The Morgan fingerprint density at radius 2 is 1.90 bits per heavy atom. The molecule has 0 atom stereocenters. The summed E-state index contributed by atoms with van der Waals surface area (Å²) in [6.07, 6.45) is 7.35. The van der Waals surface area contributed by atoms with Crippen LogP contribution in [0.4, 0.5) is 0 Å². The molecular weight excluding hydrogens is 398 g/mol. The summed E-state index contributed by atoms with van der Waals surface area (Å²) >= 11 is 3.32. The van der Waals surface area contributed by atoms with Crippen LogP contribution in [0.1, 0.15) is 36.8 Å². The summed E-state index contributed by atoms with van der Waals surface area (Å²) in [7, 11) is 0. The first-order valence-corrected chi connectivity index (χ1v) is 12.0. The smallest absolute Gasteiger partial charge is 0.230 e. The van der Waals surface area contributed by atoms with Crippen molar-refractivity contribution in [1.29, 1.82) is 0 Å². The van der Waals surface area contributed by atoms with E-state index in [1.807, 2.05) is 38.4 Å². The van der Waals surface area contributed by atoms with Crippen molar-refractivity contribution in [3.8, 4) is 10.6 Å². The second-order valence-corrected chi connectivity index (χ2v) is 8.24. The minimum absolute atomic E-state index is 0.0729. The van der Waals surface area contributed by atoms with Crippen LogP contribution in [0, 0.1) is 0 Å². The third-order valence-electron chi connectivity index (χ3n) is 4.10. The van der Waals surface area contributed by atoms with Gasteiger partial charge >= 0.3 is 0 Å². The van der Waals surface area contributed by atoms with Crippen molar-refractivity contribution < 1.29 is 4.79 Å². The van der Waals surface area contributed by atoms with Crippen molar-refractivity contribution in [2.45, 2.75) is 39.4 Å². The molecule has 3 rings (SSSR count). The fraction of sp³-hybridized carbons (Fsp3) is 0.348. The zero-order valence-corrected chi connectivity index (χ0v) is 19.0. The number of rotatable bonds is 9. The van der Waals surface area contributed by atoms with E-state index in [1.54, 1.807) is 29.3 Å². The Morgan fingerprint density at radius 3 is 2.59 bits per heavy atom. The van der Waals surface area contributed by atoms with Crippen LogP contribution in [0.15, 0.2) is 55.0 Å². The number of aromatic nitrogens is 2. The molecular formula is C23H29N3OS2. The van der Waals surface area contributed by atoms with Gasteiger partial charge in [-0.2, -0.15) is 0 Å². The van der Waals surface area contributed by atoms with Crippen molar-refractivity contribution in [3.05, 3.63) is 71.0 Å². The van der Waals surface area contributed by atoms with Crippen LogP contribution in [0.5, 0.6) is 0 Å². The van der Waals surface area contributed by atoms with Gasteiger partial charge in [-0.15, -0.1) is 23.1 Å². The number of pyridine rings is 1. The van der Waals surface area contributed by atoms with Crippen LogP contribution in [-0.2, 0) is 23.4 Å². The first kappa shape index (κ1) is 23.1. The van der Waals surface area contributed by atoms with Crippen LogP contribution < -0.4 is 5.32 Å². The molecule has 0 spiro atoms. The number of nitrogens with zero attached hydrogens (tertiary/aromatic N) is 2. The zero-order valence-electron chi connectivity index (χ0n) is 17.4. The topological polar surface area (TPSA) is 54.9 Å². The lowest BCUT2D eigenvalue weighted by Gasteiger charge is -2.04. The van der Waals surface area contributed by atoms with Crippen molar-refractivity contribution in [1.82, 2.24) is 15.3 Å². The summed E-state index contributed by atoms with van der Waals surface area (Å²) in [5, 5.41) is 4.00. The van der Waals surface area contributed by atoms with Crippen LogP contribution in [0.25, 0.3) is 10.6 Å². The summed E-state index contributed by atoms with van der Waals surface area (Å²) < 4.78 is 0. The van der Waals surface area contributed by atoms with Gasteiger partial charge in [-0.3, -0.25) is 9.78 Å². The van der Waals surface area contributed by atoms with Gasteiger partial charge in [-0.25, -0.2) is 4.98 Å². The van der Waals surface area contributed by atoms with Crippen LogP contribution in [0.2, 0.25) is 0 Å². The van der Waals surface area contributed by atoms with Crippen molar-refractivity contribution >= 4 is 29.0 Å². The lowest BCUT2D eigenvalue weighted by molar-refractivity contribution is -0.118. The number of carbonyl (C=O) groups is 1. The van der Waals surface area contributed by atoms with Crippen molar-refractivity contribution in [2.24, 2.45) is 0 Å². The number of nitrogens with one attached hydrogen (secondary N) is 1. The maximum Gasteiger partial charge on any atom is 0.230 e. The highest BCUT2D eigenvalue weighted by Crippen LogP contribution is 2.27. The van der Waals surface area contributed by atoms with Gasteiger partial charge in [0.25, 0.3) is 0 Å². The Balaban J connectivity index is 0.00000145. The highest BCUT2D eigenvalue weighted by atomic mass is 32.2. The molecule has 0 aliphatic carbocycles. The monoisotopic (exact) mass is 427 g/mol. The van der Waals surface area contributed by atoms with E-state index in [9.17, 15) is 4.79 Å². The van der Waals surface area contributed by atoms with Gasteiger partial charge in [0.1, 0.15) is 5.01 Å². The molecule has 0 fully saturated rings. The minimum Gasteiger partial charge on any atom is -0.355 e. The predicted molar refractivity (Wildman–Crippen MR) is 125 cm³/mol. The number of aryl methyl sites for hydroxylation is 1. The molecule has 2 heterocycles. The average molecular weight is 428 g/mol. The second kappa shape index (κ2) is 13.1. The number of benzene rings is 1. The van der Waals surface area contributed by atoms with Crippen LogP contribution >= 0.6 is 23.1 Å². The minimum atomic E-state index is 0.0729. The molecule has 1 amide bonds. The third kappa shape index (κ3) is 7.99. The number of thiazole rings is 1. The summed E-state index contributed by atoms with van der Waals surface area (Å²) in [4.78, 5) is 21.7. The SMILES string of the molecule is CC.CCc1ccc(-c2ncc(CSCC(=O)NCCc3cccnc3)s2)cc1. The first-order chi connectivity index (χ1) is 14.2. The van der Waals surface area contributed by atoms with E-state index in [4.69, 9.17) is 0 Å². The molecule has 1 aromatic carbocycles. The number of hydrogen-bond acceptors (Lipinski definition) is 5. The van der Waals surface area contributed by atoms with Gasteiger partial charge in [0.15, 0.2) is 0 Å². The highest BCUT2D eigenvalue weighted by Gasteiger charge is 2.07. The Kier molecular flexibility index (Phi) is 10.5. The molecule has 0 bridgehead atoms. The number of hydrogen-bond donors (Lipinski definition) is 1. The van der Waals surface area contributed by atoms with Gasteiger partial charge in [0.05, 0.1) is 5.75 Å². The molecule has 6 heteroatoms. The Hall–Kier alpha value is -2.18. The third-order valence-corrected chi connectivity index (χ3v) is 6.31. The molecule has 0 saturated carbocycles. The van der Waals surface area contributed by atoms with Crippen molar-refractivity contribution in [3.63, 3.8) is 0 Å². The Labute approximate surface area is 182 Å². The first-order valence-electron chi connectivity index (χ1n) is 10.0. The molecule has 29 heavy (non-hydrogen) atoms. The van der Waals surface area contributed by atoms with E-state index in [0.29, 0.717) is 12.3 Å². The second-order valence-electron chi connectivity index (χ2n) is 6.14. The summed E-state index contributed by atoms with van der Waals surface area (Å²) in [5.74, 6) is 1.34. The van der Waals surface area contributed by atoms with Gasteiger partial charge in [0.2, 0.25) is 5.91 Å². The van der Waals surface area contributed by atoms with Gasteiger partial charge in [0, 0.05) is 41.3 Å². The Bertz CT molecular complexity index is 848. The summed E-state index contributed by atoms with van der Waals surface area (Å²) in [6, 6.07) is 12.5. The van der Waals surface area contributed by atoms with E-state index in [0.717, 1.165) is 34.7 Å². The molecule has 0 radical (unpaired) electrons. The highest BCUT2D eigenvalue weighted by molar-refractivity contribution is 7.99. The van der Waals surface area contributed by atoms with E-state index in [1.165, 1.54) is 10.4 Å². The van der Waals surface area contributed by atoms with Gasteiger partial charge in [-0.1, -0.05) is 51.1 Å². The van der Waals surface area contributed by atoms with Crippen molar-refractivity contribution in [2.75, 3.05) is 12.3 Å². The molecule has 0 aliphatic heterocycles. The molecule has 1 N–H and O–H groups in total. The zero-order chi connectivity index (χ0) is 20.9. The molecule has 0 unspecified atom stereocenters. The summed E-state index contributed by atoms with van der Waals surface area (Å²) in [5.41, 5.74) is 3.62. The fourth-order valence-corrected chi connectivity index (χ4v) is 4.44. The number of amides is 1. The summed E-state index contributed by atoms with van der Waals surface area (Å²) in [6.45, 7) is 6.80. The number of carbonyl (C=O) groups excluding carboxylic acids is 1. The predicted octanol–water partition coefficient (Wildman–Crippen LogP) is 5.39. The Morgan fingerprint density at radius 1 is 1.10 bits per heavy atom. The fourth-order valence-electron chi connectivity index (χ4n) is 2.58. The van der Waals surface area contributed by atoms with Crippen LogP contribution in [-0.4, -0.2) is 28.2 Å². The maximum absolute atomic E-state index is 12.0. The maximum atomic E-state index is 12.0. The molecule has 2 aromatic heterocycles.